The second-order valence-electron chi connectivity index (χ2n) is 10.4. The third-order valence-corrected chi connectivity index (χ3v) is 7.37. The summed E-state index contributed by atoms with van der Waals surface area (Å²) in [4.78, 5) is 0. The van der Waals surface area contributed by atoms with Crippen LogP contribution in [0.3, 0.4) is 0 Å². The Labute approximate surface area is 241 Å². The Balaban J connectivity index is 1.28. The molecule has 6 heteroatoms. The van der Waals surface area contributed by atoms with E-state index in [1.165, 1.54) is 0 Å². The Morgan fingerprint density at radius 1 is 0.463 bits per heavy atom. The van der Waals surface area contributed by atoms with E-state index in [4.69, 9.17) is 28.4 Å². The van der Waals surface area contributed by atoms with Gasteiger partial charge in [0, 0.05) is 0 Å². The third-order valence-electron chi connectivity index (χ3n) is 7.37. The van der Waals surface area contributed by atoms with E-state index in [2.05, 4.69) is 24.3 Å². The SMILES string of the molecule is c1ccc(CO[C@@H]2OC([C@H]3CO3)[C@H](OCc3ccccc3)[C@H](OCc3ccccc3)[C@H]2OCc2ccccc2)cc1. The summed E-state index contributed by atoms with van der Waals surface area (Å²) in [6.45, 7) is 2.22. The standard InChI is InChI=1S/C35H36O6/c1-5-13-26(14-6-1)21-37-32-31(30-25-36-30)41-35(40-24-29-19-11-4-12-20-29)34(39-23-28-17-9-3-10-18-28)33(32)38-22-27-15-7-2-8-16-27/h1-20,30-35H,21-25H2/t30-,31?,32+,33+,34-,35-/m1/s1. The van der Waals surface area contributed by atoms with Crippen LogP contribution in [0.2, 0.25) is 0 Å². The average molecular weight is 553 g/mol. The zero-order chi connectivity index (χ0) is 27.7. The molecule has 2 fully saturated rings. The molecule has 2 aliphatic rings. The highest BCUT2D eigenvalue weighted by Crippen LogP contribution is 2.36. The minimum atomic E-state index is -0.675. The lowest BCUT2D eigenvalue weighted by Crippen LogP contribution is -2.62. The normalized spacial score (nSPS) is 25.6. The van der Waals surface area contributed by atoms with Gasteiger partial charge >= 0.3 is 0 Å². The van der Waals surface area contributed by atoms with Crippen LogP contribution in [0.4, 0.5) is 0 Å². The van der Waals surface area contributed by atoms with Gasteiger partial charge in [0.1, 0.15) is 30.5 Å². The van der Waals surface area contributed by atoms with Crippen molar-refractivity contribution in [1.82, 2.24) is 0 Å². The van der Waals surface area contributed by atoms with Crippen LogP contribution >= 0.6 is 0 Å². The summed E-state index contributed by atoms with van der Waals surface area (Å²) in [5, 5.41) is 0. The van der Waals surface area contributed by atoms with Gasteiger partial charge in [0.25, 0.3) is 0 Å². The first-order valence-corrected chi connectivity index (χ1v) is 14.2. The van der Waals surface area contributed by atoms with E-state index in [-0.39, 0.29) is 12.2 Å². The molecule has 212 valence electrons. The Morgan fingerprint density at radius 2 is 0.829 bits per heavy atom. The molecule has 2 saturated heterocycles. The van der Waals surface area contributed by atoms with Gasteiger partial charge in [0.15, 0.2) is 6.29 Å². The summed E-state index contributed by atoms with van der Waals surface area (Å²) >= 11 is 0. The van der Waals surface area contributed by atoms with E-state index >= 15 is 0 Å². The van der Waals surface area contributed by atoms with Gasteiger partial charge in [-0.25, -0.2) is 0 Å². The lowest BCUT2D eigenvalue weighted by molar-refractivity contribution is -0.327. The van der Waals surface area contributed by atoms with E-state index in [0.29, 0.717) is 33.0 Å². The van der Waals surface area contributed by atoms with Crippen molar-refractivity contribution in [1.29, 1.82) is 0 Å². The summed E-state index contributed by atoms with van der Waals surface area (Å²) in [6.07, 6.45) is -2.56. The fourth-order valence-electron chi connectivity index (χ4n) is 5.12. The maximum absolute atomic E-state index is 6.70. The first-order valence-electron chi connectivity index (χ1n) is 14.2. The molecule has 0 radical (unpaired) electrons. The molecule has 0 spiro atoms. The molecular formula is C35H36O6. The van der Waals surface area contributed by atoms with Crippen LogP contribution in [0.15, 0.2) is 121 Å². The molecule has 2 aliphatic heterocycles. The summed E-state index contributed by atoms with van der Waals surface area (Å²) in [5.74, 6) is 0. The summed E-state index contributed by atoms with van der Waals surface area (Å²) < 4.78 is 38.7. The minimum absolute atomic E-state index is 0.0866. The second-order valence-corrected chi connectivity index (χ2v) is 10.4. The van der Waals surface area contributed by atoms with E-state index in [0.717, 1.165) is 22.3 Å². The predicted molar refractivity (Wildman–Crippen MR) is 155 cm³/mol. The Hall–Kier alpha value is -3.36. The molecular weight excluding hydrogens is 516 g/mol. The molecule has 41 heavy (non-hydrogen) atoms. The van der Waals surface area contributed by atoms with Gasteiger partial charge in [-0.1, -0.05) is 121 Å². The van der Waals surface area contributed by atoms with Crippen molar-refractivity contribution in [2.75, 3.05) is 6.61 Å². The van der Waals surface area contributed by atoms with Crippen molar-refractivity contribution in [3.8, 4) is 0 Å². The first kappa shape index (κ1) is 27.8. The first-order chi connectivity index (χ1) is 20.3. The third kappa shape index (κ3) is 7.68. The van der Waals surface area contributed by atoms with Crippen LogP contribution in [-0.2, 0) is 54.8 Å². The molecule has 6 rings (SSSR count). The van der Waals surface area contributed by atoms with Crippen molar-refractivity contribution >= 4 is 0 Å². The van der Waals surface area contributed by atoms with E-state index in [1.807, 2.05) is 97.1 Å². The largest absolute Gasteiger partial charge is 0.370 e. The molecule has 0 amide bonds. The quantitative estimate of drug-likeness (QED) is 0.187. The monoisotopic (exact) mass is 552 g/mol. The zero-order valence-electron chi connectivity index (χ0n) is 23.0. The molecule has 4 aromatic carbocycles. The predicted octanol–water partition coefficient (Wildman–Crippen LogP) is 6.08. The smallest absolute Gasteiger partial charge is 0.187 e. The van der Waals surface area contributed by atoms with Crippen molar-refractivity contribution in [3.63, 3.8) is 0 Å². The Morgan fingerprint density at radius 3 is 1.24 bits per heavy atom. The van der Waals surface area contributed by atoms with Gasteiger partial charge in [-0.3, -0.25) is 0 Å². The van der Waals surface area contributed by atoms with Crippen molar-refractivity contribution in [2.45, 2.75) is 63.2 Å². The Kier molecular flexibility index (Phi) is 9.50. The van der Waals surface area contributed by atoms with Crippen LogP contribution in [0.1, 0.15) is 22.3 Å². The van der Waals surface area contributed by atoms with Crippen molar-refractivity contribution in [3.05, 3.63) is 144 Å². The van der Waals surface area contributed by atoms with Crippen LogP contribution in [0.5, 0.6) is 0 Å². The summed E-state index contributed by atoms with van der Waals surface area (Å²) in [5.41, 5.74) is 4.27. The van der Waals surface area contributed by atoms with Gasteiger partial charge in [-0.2, -0.15) is 0 Å². The van der Waals surface area contributed by atoms with Crippen LogP contribution < -0.4 is 0 Å². The highest BCUT2D eigenvalue weighted by molar-refractivity contribution is 5.16. The number of benzene rings is 4. The van der Waals surface area contributed by atoms with Gasteiger partial charge in [-0.05, 0) is 22.3 Å². The minimum Gasteiger partial charge on any atom is -0.370 e. The molecule has 0 aromatic heterocycles. The highest BCUT2D eigenvalue weighted by atomic mass is 16.7. The van der Waals surface area contributed by atoms with Gasteiger partial charge in [-0.15, -0.1) is 0 Å². The van der Waals surface area contributed by atoms with E-state index in [9.17, 15) is 0 Å². The highest BCUT2D eigenvalue weighted by Gasteiger charge is 2.54. The molecule has 6 atom stereocenters. The molecule has 6 nitrogen and oxygen atoms in total. The van der Waals surface area contributed by atoms with Crippen LogP contribution in [-0.4, -0.2) is 43.4 Å². The molecule has 4 aromatic rings. The van der Waals surface area contributed by atoms with Gasteiger partial charge < -0.3 is 28.4 Å². The fourth-order valence-corrected chi connectivity index (χ4v) is 5.12. The molecule has 1 unspecified atom stereocenters. The lowest BCUT2D eigenvalue weighted by Gasteiger charge is -2.45. The molecule has 2 heterocycles. The maximum Gasteiger partial charge on any atom is 0.187 e. The molecule has 0 N–H and O–H groups in total. The fraction of sp³-hybridized carbons (Fsp3) is 0.314. The summed E-state index contributed by atoms with van der Waals surface area (Å²) in [6, 6.07) is 40.5. The van der Waals surface area contributed by atoms with Crippen LogP contribution in [0, 0.1) is 0 Å². The number of hydrogen-bond donors (Lipinski definition) is 0. The summed E-state index contributed by atoms with van der Waals surface area (Å²) in [7, 11) is 0. The number of rotatable bonds is 13. The molecule has 0 saturated carbocycles. The second kappa shape index (κ2) is 14.0. The number of ether oxygens (including phenoxy) is 6. The zero-order valence-corrected chi connectivity index (χ0v) is 23.0. The number of hydrogen-bond acceptors (Lipinski definition) is 6. The Bertz CT molecular complexity index is 1300. The topological polar surface area (TPSA) is 58.7 Å². The van der Waals surface area contributed by atoms with Gasteiger partial charge in [0.05, 0.1) is 33.0 Å². The van der Waals surface area contributed by atoms with E-state index in [1.54, 1.807) is 0 Å². The lowest BCUT2D eigenvalue weighted by atomic mass is 9.95. The van der Waals surface area contributed by atoms with E-state index < -0.39 is 24.6 Å². The van der Waals surface area contributed by atoms with Crippen molar-refractivity contribution < 1.29 is 28.4 Å². The van der Waals surface area contributed by atoms with Gasteiger partial charge in [0.2, 0.25) is 0 Å². The molecule has 0 bridgehead atoms. The average Bonchev–Trinajstić information content (AvgIpc) is 3.89. The van der Waals surface area contributed by atoms with Crippen LogP contribution in [0.25, 0.3) is 0 Å². The van der Waals surface area contributed by atoms with Crippen molar-refractivity contribution in [2.24, 2.45) is 0 Å². The molecule has 0 aliphatic carbocycles. The maximum atomic E-state index is 6.70. The number of epoxide rings is 1.